The van der Waals surface area contributed by atoms with E-state index in [4.69, 9.17) is 0 Å². The van der Waals surface area contributed by atoms with Crippen molar-refractivity contribution in [1.82, 2.24) is 10.6 Å². The number of aliphatic hydroxyl groups is 1. The van der Waals surface area contributed by atoms with Gasteiger partial charge in [-0.05, 0) is 37.1 Å². The van der Waals surface area contributed by atoms with Crippen molar-refractivity contribution in [2.24, 2.45) is 23.7 Å². The molecule has 1 saturated carbocycles. The van der Waals surface area contributed by atoms with E-state index >= 15 is 0 Å². The van der Waals surface area contributed by atoms with Gasteiger partial charge < -0.3 is 15.7 Å². The van der Waals surface area contributed by atoms with Crippen LogP contribution in [-0.2, 0) is 4.79 Å². The third-order valence-corrected chi connectivity index (χ3v) is 4.44. The van der Waals surface area contributed by atoms with Crippen molar-refractivity contribution < 1.29 is 9.90 Å². The zero-order valence-corrected chi connectivity index (χ0v) is 10.6. The summed E-state index contributed by atoms with van der Waals surface area (Å²) in [5.41, 5.74) is 0. The molecule has 4 atom stereocenters. The molecule has 1 aliphatic carbocycles. The Hall–Kier alpha value is -0.610. The number of nitrogens with one attached hydrogen (secondary N) is 2. The summed E-state index contributed by atoms with van der Waals surface area (Å²) in [6.07, 6.45) is 3.44. The minimum Gasteiger partial charge on any atom is -0.396 e. The largest absolute Gasteiger partial charge is 0.396 e. The van der Waals surface area contributed by atoms with Crippen LogP contribution in [0.3, 0.4) is 0 Å². The highest BCUT2D eigenvalue weighted by atomic mass is 16.3. The van der Waals surface area contributed by atoms with E-state index in [1.807, 2.05) is 0 Å². The first-order valence-electron chi connectivity index (χ1n) is 6.81. The van der Waals surface area contributed by atoms with Gasteiger partial charge in [-0.3, -0.25) is 4.79 Å². The molecular weight excluding hydrogens is 216 g/mol. The number of carbonyl (C=O) groups excluding carboxylic acids is 1. The van der Waals surface area contributed by atoms with Gasteiger partial charge in [0.2, 0.25) is 5.91 Å². The Bertz CT molecular complexity index is 270. The maximum absolute atomic E-state index is 12.0. The molecule has 0 aromatic carbocycles. The predicted molar refractivity (Wildman–Crippen MR) is 66.5 cm³/mol. The highest BCUT2D eigenvalue weighted by Gasteiger charge is 2.31. The smallest absolute Gasteiger partial charge is 0.224 e. The molecule has 98 valence electrons. The van der Waals surface area contributed by atoms with Crippen LogP contribution in [0.2, 0.25) is 0 Å². The van der Waals surface area contributed by atoms with Gasteiger partial charge in [-0.15, -0.1) is 0 Å². The molecule has 0 aromatic heterocycles. The van der Waals surface area contributed by atoms with Crippen LogP contribution < -0.4 is 10.6 Å². The number of hydrogen-bond acceptors (Lipinski definition) is 3. The molecule has 1 saturated heterocycles. The van der Waals surface area contributed by atoms with Gasteiger partial charge in [0.15, 0.2) is 0 Å². The summed E-state index contributed by atoms with van der Waals surface area (Å²) in [5.74, 6) is 1.63. The lowest BCUT2D eigenvalue weighted by Gasteiger charge is -2.20. The van der Waals surface area contributed by atoms with Gasteiger partial charge in [-0.25, -0.2) is 0 Å². The lowest BCUT2D eigenvalue weighted by molar-refractivity contribution is -0.125. The topological polar surface area (TPSA) is 61.4 Å². The van der Waals surface area contributed by atoms with E-state index < -0.39 is 0 Å². The highest BCUT2D eigenvalue weighted by molar-refractivity contribution is 5.79. The Balaban J connectivity index is 1.76. The van der Waals surface area contributed by atoms with Crippen LogP contribution in [-0.4, -0.2) is 37.3 Å². The quantitative estimate of drug-likeness (QED) is 0.665. The van der Waals surface area contributed by atoms with Crippen LogP contribution in [0.15, 0.2) is 0 Å². The summed E-state index contributed by atoms with van der Waals surface area (Å²) in [7, 11) is 0. The molecule has 1 heterocycles. The molecule has 3 N–H and O–H groups in total. The van der Waals surface area contributed by atoms with Crippen molar-refractivity contribution >= 4 is 5.91 Å². The SMILES string of the molecule is C[C@@H]1CNC[C@H]1C(=O)NCC1CCCC1CO. The van der Waals surface area contributed by atoms with Gasteiger partial charge in [0, 0.05) is 19.7 Å². The van der Waals surface area contributed by atoms with Crippen LogP contribution in [0.5, 0.6) is 0 Å². The predicted octanol–water partition coefficient (Wildman–Crippen LogP) is 0.367. The minimum absolute atomic E-state index is 0.129. The fraction of sp³-hybridized carbons (Fsp3) is 0.923. The van der Waals surface area contributed by atoms with Gasteiger partial charge in [0.1, 0.15) is 0 Å². The molecule has 0 bridgehead atoms. The number of rotatable bonds is 4. The first-order valence-corrected chi connectivity index (χ1v) is 6.81. The molecule has 2 aliphatic rings. The molecule has 1 aliphatic heterocycles. The number of aliphatic hydroxyl groups excluding tert-OH is 1. The summed E-state index contributed by atoms with van der Waals surface area (Å²) in [6, 6.07) is 0. The Morgan fingerprint density at radius 1 is 1.35 bits per heavy atom. The van der Waals surface area contributed by atoms with E-state index in [0.29, 0.717) is 17.8 Å². The molecule has 2 rings (SSSR count). The van der Waals surface area contributed by atoms with E-state index in [-0.39, 0.29) is 18.4 Å². The number of carbonyl (C=O) groups is 1. The Labute approximate surface area is 103 Å². The van der Waals surface area contributed by atoms with Gasteiger partial charge in [0.25, 0.3) is 0 Å². The normalized spacial score (nSPS) is 37.3. The maximum atomic E-state index is 12.0. The summed E-state index contributed by atoms with van der Waals surface area (Å²) in [6.45, 7) is 4.88. The van der Waals surface area contributed by atoms with E-state index in [1.54, 1.807) is 0 Å². The zero-order chi connectivity index (χ0) is 12.3. The van der Waals surface area contributed by atoms with E-state index in [1.165, 1.54) is 6.42 Å². The first kappa shape index (κ1) is 12.8. The standard InChI is InChI=1S/C13H24N2O2/c1-9-5-14-7-12(9)13(17)15-6-10-3-2-4-11(10)8-16/h9-12,14,16H,2-8H2,1H3,(H,15,17)/t9-,10?,11?,12-/m1/s1. The summed E-state index contributed by atoms with van der Waals surface area (Å²) in [5, 5.41) is 15.6. The molecule has 0 spiro atoms. The van der Waals surface area contributed by atoms with Crippen LogP contribution in [0.25, 0.3) is 0 Å². The second-order valence-electron chi connectivity index (χ2n) is 5.62. The monoisotopic (exact) mass is 240 g/mol. The van der Waals surface area contributed by atoms with Crippen molar-refractivity contribution in [2.45, 2.75) is 26.2 Å². The van der Waals surface area contributed by atoms with Crippen molar-refractivity contribution in [1.29, 1.82) is 0 Å². The number of amides is 1. The summed E-state index contributed by atoms with van der Waals surface area (Å²) >= 11 is 0. The van der Waals surface area contributed by atoms with Crippen molar-refractivity contribution in [3.05, 3.63) is 0 Å². The van der Waals surface area contributed by atoms with Crippen LogP contribution in [0, 0.1) is 23.7 Å². The van der Waals surface area contributed by atoms with Crippen molar-refractivity contribution in [3.8, 4) is 0 Å². The maximum Gasteiger partial charge on any atom is 0.224 e. The Morgan fingerprint density at radius 3 is 2.76 bits per heavy atom. The lowest BCUT2D eigenvalue weighted by Crippen LogP contribution is -2.38. The second kappa shape index (κ2) is 5.83. The average molecular weight is 240 g/mol. The summed E-state index contributed by atoms with van der Waals surface area (Å²) < 4.78 is 0. The van der Waals surface area contributed by atoms with Crippen molar-refractivity contribution in [3.63, 3.8) is 0 Å². The fourth-order valence-electron chi connectivity index (χ4n) is 3.15. The molecule has 4 nitrogen and oxygen atoms in total. The minimum atomic E-state index is 0.129. The van der Waals surface area contributed by atoms with E-state index in [0.717, 1.165) is 32.5 Å². The summed E-state index contributed by atoms with van der Waals surface area (Å²) in [4.78, 5) is 12.0. The van der Waals surface area contributed by atoms with Crippen LogP contribution >= 0.6 is 0 Å². The lowest BCUT2D eigenvalue weighted by atomic mass is 9.95. The van der Waals surface area contributed by atoms with E-state index in [2.05, 4.69) is 17.6 Å². The van der Waals surface area contributed by atoms with Crippen molar-refractivity contribution in [2.75, 3.05) is 26.2 Å². The highest BCUT2D eigenvalue weighted by Crippen LogP contribution is 2.30. The molecular formula is C13H24N2O2. The molecule has 0 aromatic rings. The fourth-order valence-corrected chi connectivity index (χ4v) is 3.15. The number of hydrogen-bond donors (Lipinski definition) is 3. The third-order valence-electron chi connectivity index (χ3n) is 4.44. The average Bonchev–Trinajstić information content (AvgIpc) is 2.94. The van der Waals surface area contributed by atoms with Gasteiger partial charge >= 0.3 is 0 Å². The van der Waals surface area contributed by atoms with E-state index in [9.17, 15) is 9.90 Å². The molecule has 0 radical (unpaired) electrons. The molecule has 1 amide bonds. The van der Waals surface area contributed by atoms with Crippen LogP contribution in [0.4, 0.5) is 0 Å². The van der Waals surface area contributed by atoms with Crippen LogP contribution in [0.1, 0.15) is 26.2 Å². The molecule has 4 heteroatoms. The Morgan fingerprint density at radius 2 is 2.12 bits per heavy atom. The third kappa shape index (κ3) is 2.99. The first-order chi connectivity index (χ1) is 8.22. The Kier molecular flexibility index (Phi) is 4.40. The molecule has 2 fully saturated rings. The van der Waals surface area contributed by atoms with Gasteiger partial charge in [-0.2, -0.15) is 0 Å². The zero-order valence-electron chi connectivity index (χ0n) is 10.6. The second-order valence-corrected chi connectivity index (χ2v) is 5.62. The molecule has 2 unspecified atom stereocenters. The van der Waals surface area contributed by atoms with Gasteiger partial charge in [0.05, 0.1) is 5.92 Å². The molecule has 17 heavy (non-hydrogen) atoms. The van der Waals surface area contributed by atoms with Gasteiger partial charge in [-0.1, -0.05) is 13.3 Å².